The summed E-state index contributed by atoms with van der Waals surface area (Å²) < 4.78 is 247. The molecule has 0 unspecified atom stereocenters. The van der Waals surface area contributed by atoms with Crippen molar-refractivity contribution in [2.75, 3.05) is 0 Å². The fourth-order valence-electron chi connectivity index (χ4n) is 5.58. The highest BCUT2D eigenvalue weighted by Gasteiger charge is 2.25. The molecule has 0 bridgehead atoms. The van der Waals surface area contributed by atoms with E-state index in [4.69, 9.17) is 33.2 Å². The van der Waals surface area contributed by atoms with Gasteiger partial charge in [0.15, 0.2) is 0 Å². The van der Waals surface area contributed by atoms with E-state index >= 15 is 0 Å². The first-order valence-electron chi connectivity index (χ1n) is 27.4. The molecule has 1 nitrogen and oxygen atoms in total. The summed E-state index contributed by atoms with van der Waals surface area (Å²) in [6.07, 6.45) is 0. The molecule has 0 N–H and O–H groups in total. The minimum atomic E-state index is -1.02. The van der Waals surface area contributed by atoms with Crippen molar-refractivity contribution >= 4 is 32.5 Å². The summed E-state index contributed by atoms with van der Waals surface area (Å²) in [6, 6.07) is -20.9. The Kier molecular flexibility index (Phi) is 2.71. The predicted octanol–water partition coefficient (Wildman–Crippen LogP) is 13.1. The van der Waals surface area contributed by atoms with E-state index in [2.05, 4.69) is 0 Å². The number of para-hydroxylation sites is 1. The first-order chi connectivity index (χ1) is 34.6. The summed E-state index contributed by atoms with van der Waals surface area (Å²) in [5.74, 6) is -0.782. The summed E-state index contributed by atoms with van der Waals surface area (Å²) in [4.78, 5) is 0. The molecule has 220 valence electrons. The Morgan fingerprint density at radius 1 is 0.362 bits per heavy atom. The van der Waals surface area contributed by atoms with E-state index in [-0.39, 0.29) is 10.9 Å². The lowest BCUT2D eigenvalue weighted by molar-refractivity contribution is 0.633. The zero-order valence-corrected chi connectivity index (χ0v) is 23.6. The quantitative estimate of drug-likeness (QED) is 0.173. The molecule has 1 heterocycles. The molecule has 1 aromatic heterocycles. The maximum absolute atomic E-state index is 9.75. The maximum atomic E-state index is 9.75. The van der Waals surface area contributed by atoms with Gasteiger partial charge in [-0.3, -0.25) is 0 Å². The van der Waals surface area contributed by atoms with E-state index in [1.165, 1.54) is 18.2 Å². The number of hydrogen-bond acceptors (Lipinski definition) is 1. The molecule has 1 heteroatoms. The van der Waals surface area contributed by atoms with Crippen LogP contribution in [0.2, 0.25) is 0 Å². The van der Waals surface area contributed by atoms with Crippen LogP contribution in [0.3, 0.4) is 0 Å². The van der Waals surface area contributed by atoms with Crippen LogP contribution in [0.1, 0.15) is 37.0 Å². The van der Waals surface area contributed by atoms with Gasteiger partial charge in [-0.2, -0.15) is 0 Å². The number of hydrogen-bond donors (Lipinski definition) is 0. The molecule has 0 aliphatic rings. The Labute approximate surface area is 311 Å². The van der Waals surface area contributed by atoms with Crippen molar-refractivity contribution in [1.82, 2.24) is 0 Å². The van der Waals surface area contributed by atoms with Crippen LogP contribution in [-0.4, -0.2) is 0 Å². The third-order valence-electron chi connectivity index (χ3n) is 7.46. The fourth-order valence-corrected chi connectivity index (χ4v) is 5.58. The van der Waals surface area contributed by atoms with Crippen LogP contribution >= 0.6 is 0 Å². The van der Waals surface area contributed by atoms with Crippen LogP contribution in [0.25, 0.3) is 88.3 Å². The molecule has 0 spiro atoms. The normalized spacial score (nSPS) is 19.4. The minimum Gasteiger partial charge on any atom is -0.455 e. The number of rotatable bonds is 5. The molecule has 0 radical (unpaired) electrons. The molecule has 0 fully saturated rings. The van der Waals surface area contributed by atoms with Crippen molar-refractivity contribution < 1.29 is 41.4 Å². The molecule has 0 saturated heterocycles. The second kappa shape index (κ2) is 11.3. The number of furan rings is 1. The van der Waals surface area contributed by atoms with Crippen LogP contribution in [0.15, 0.2) is 186 Å². The average Bonchev–Trinajstić information content (AvgIpc) is 3.76. The van der Waals surface area contributed by atoms with Crippen molar-refractivity contribution in [3.8, 4) is 55.8 Å². The summed E-state index contributed by atoms with van der Waals surface area (Å²) in [7, 11) is 0. The molecular formula is C46H30O. The lowest BCUT2D eigenvalue weighted by Gasteiger charge is -2.18. The summed E-state index contributed by atoms with van der Waals surface area (Å²) in [6.45, 7) is 0. The number of fused-ring (bicyclic) bond motifs is 3. The van der Waals surface area contributed by atoms with Gasteiger partial charge in [-0.25, -0.2) is 0 Å². The topological polar surface area (TPSA) is 13.1 Å². The first-order valence-corrected chi connectivity index (χ1v) is 13.9. The molecule has 0 aliphatic carbocycles. The Morgan fingerprint density at radius 2 is 0.851 bits per heavy atom. The van der Waals surface area contributed by atoms with Gasteiger partial charge in [0.2, 0.25) is 0 Å². The summed E-state index contributed by atoms with van der Waals surface area (Å²) in [5.41, 5.74) is -6.16. The SMILES string of the molecule is [2H]c1c([2H])c([2H])c(-c2c([2H])c([2H])c([2H])c(-c3oc4c(-c5c([2H])c([2H])c([2H])c([2H])c5[2H])cccc4c3-c3c4c([2H])c([2H])c([2H])c([2H])c4c(-c4c([2H])c([2H])c([2H])c([2H])c4[2H])c4c([2H])c([2H])c([2H])c([2H])c34)c2[2H])c([2H])c1[2H]. The van der Waals surface area contributed by atoms with Gasteiger partial charge in [-0.1, -0.05) is 175 Å². The highest BCUT2D eigenvalue weighted by atomic mass is 16.3. The maximum Gasteiger partial charge on any atom is 0.143 e. The Bertz CT molecular complexity index is 3930. The molecule has 9 rings (SSSR count). The zero-order valence-electron chi connectivity index (χ0n) is 50.6. The molecule has 47 heavy (non-hydrogen) atoms. The molecule has 0 aliphatic heterocycles. The Hall–Kier alpha value is -6.18. The van der Waals surface area contributed by atoms with Crippen LogP contribution in [0, 0.1) is 0 Å². The van der Waals surface area contributed by atoms with Gasteiger partial charge in [0.1, 0.15) is 11.3 Å². The third-order valence-corrected chi connectivity index (χ3v) is 7.46. The molecule has 0 saturated carbocycles. The smallest absolute Gasteiger partial charge is 0.143 e. The average molecular weight is 626 g/mol. The monoisotopic (exact) mass is 625 g/mol. The van der Waals surface area contributed by atoms with Gasteiger partial charge >= 0.3 is 0 Å². The van der Waals surface area contributed by atoms with Crippen molar-refractivity contribution in [1.29, 1.82) is 0 Å². The van der Waals surface area contributed by atoms with Crippen molar-refractivity contribution in [3.63, 3.8) is 0 Å². The third kappa shape index (κ3) is 4.56. The van der Waals surface area contributed by atoms with E-state index in [0.717, 1.165) is 0 Å². The standard InChI is InChI=1S/C46H30O/c1-4-16-31(17-5-1)34-22-14-23-35(30-34)45-44(41-29-15-28-36(46(41)47-45)32-18-6-2-7-19-32)43-39-26-12-10-24-37(39)42(33-20-8-3-9-21-33)38-25-11-13-27-40(38)43/h1-30H/i1D,2D,3D,4D,5D,6D,7D,8D,9D,10D,11D,12D,13D,14D,16D,17D,18D,19D,20D,21D,22D,23D,24D,25D,26D,27D,30D. The second-order valence-electron chi connectivity index (χ2n) is 9.99. The predicted molar refractivity (Wildman–Crippen MR) is 198 cm³/mol. The Morgan fingerprint density at radius 3 is 1.47 bits per heavy atom. The second-order valence-corrected chi connectivity index (χ2v) is 9.99. The zero-order chi connectivity index (χ0) is 54.7. The van der Waals surface area contributed by atoms with Crippen molar-refractivity contribution in [2.24, 2.45) is 0 Å². The lowest BCUT2D eigenvalue weighted by Crippen LogP contribution is -1.91. The molecule has 0 atom stereocenters. The van der Waals surface area contributed by atoms with Gasteiger partial charge in [-0.05, 0) is 55.4 Å². The van der Waals surface area contributed by atoms with E-state index in [1.54, 1.807) is 0 Å². The minimum absolute atomic E-state index is 0.271. The van der Waals surface area contributed by atoms with Crippen LogP contribution in [0.5, 0.6) is 0 Å². The highest BCUT2D eigenvalue weighted by molar-refractivity contribution is 6.25. The van der Waals surface area contributed by atoms with Crippen LogP contribution in [0.4, 0.5) is 0 Å². The summed E-state index contributed by atoms with van der Waals surface area (Å²) in [5, 5.41) is -2.96. The highest BCUT2D eigenvalue weighted by Crippen LogP contribution is 2.50. The molecule has 9 aromatic rings. The number of benzene rings is 8. The van der Waals surface area contributed by atoms with Crippen LogP contribution in [-0.2, 0) is 0 Å². The fraction of sp³-hybridized carbons (Fsp3) is 0. The first kappa shape index (κ1) is 11.3. The van der Waals surface area contributed by atoms with E-state index < -0.39 is 241 Å². The molecule has 8 aromatic carbocycles. The van der Waals surface area contributed by atoms with Crippen molar-refractivity contribution in [3.05, 3.63) is 181 Å². The molecule has 0 amide bonds. The van der Waals surface area contributed by atoms with Crippen LogP contribution < -0.4 is 0 Å². The largest absolute Gasteiger partial charge is 0.455 e. The van der Waals surface area contributed by atoms with E-state index in [1.807, 2.05) is 0 Å². The lowest BCUT2D eigenvalue weighted by atomic mass is 9.84. The Balaban J connectivity index is 1.66. The van der Waals surface area contributed by atoms with Gasteiger partial charge in [0.25, 0.3) is 0 Å². The van der Waals surface area contributed by atoms with Gasteiger partial charge < -0.3 is 4.42 Å². The van der Waals surface area contributed by atoms with Crippen molar-refractivity contribution in [2.45, 2.75) is 0 Å². The van der Waals surface area contributed by atoms with Gasteiger partial charge in [0, 0.05) is 27.6 Å². The van der Waals surface area contributed by atoms with Gasteiger partial charge in [0.05, 0.1) is 37.0 Å². The van der Waals surface area contributed by atoms with E-state index in [0.29, 0.717) is 0 Å². The summed E-state index contributed by atoms with van der Waals surface area (Å²) >= 11 is 0. The van der Waals surface area contributed by atoms with Gasteiger partial charge in [-0.15, -0.1) is 0 Å². The molecular weight excluding hydrogens is 569 g/mol. The van der Waals surface area contributed by atoms with E-state index in [9.17, 15) is 8.22 Å².